The van der Waals surface area contributed by atoms with Crippen molar-refractivity contribution in [2.45, 2.75) is 103 Å². The number of aliphatic hydroxyl groups excluding tert-OH is 1. The van der Waals surface area contributed by atoms with Crippen LogP contribution in [0.4, 0.5) is 0 Å². The fourth-order valence-electron chi connectivity index (χ4n) is 2.60. The average Bonchev–Trinajstić information content (AvgIpc) is 2.56. The number of carbonyl (C=O) groups excluding carboxylic acids is 1. The van der Waals surface area contributed by atoms with Crippen molar-refractivity contribution in [3.05, 3.63) is 0 Å². The second-order valence-electron chi connectivity index (χ2n) is 6.53. The Hall–Kier alpha value is -1.10. The number of rotatable bonds is 17. The Kier molecular flexibility index (Phi) is 16.0. The van der Waals surface area contributed by atoms with E-state index in [1.807, 2.05) is 0 Å². The van der Waals surface area contributed by atoms with Crippen molar-refractivity contribution < 1.29 is 24.5 Å². The van der Waals surface area contributed by atoms with Gasteiger partial charge in [0.1, 0.15) is 6.61 Å². The van der Waals surface area contributed by atoms with E-state index in [0.717, 1.165) is 19.3 Å². The molecule has 0 spiro atoms. The van der Waals surface area contributed by atoms with E-state index in [1.165, 1.54) is 64.2 Å². The minimum atomic E-state index is -1.62. The third-order valence-corrected chi connectivity index (χ3v) is 4.17. The predicted octanol–water partition coefficient (Wildman–Crippen LogP) is 4.46. The highest BCUT2D eigenvalue weighted by Gasteiger charge is 2.15. The predicted molar refractivity (Wildman–Crippen MR) is 94.9 cm³/mol. The van der Waals surface area contributed by atoms with Gasteiger partial charge in [-0.25, -0.2) is 4.79 Å². The van der Waals surface area contributed by atoms with Crippen LogP contribution in [-0.4, -0.2) is 34.9 Å². The normalized spacial score (nSPS) is 12.1. The maximum absolute atomic E-state index is 11.3. The van der Waals surface area contributed by atoms with Crippen LogP contribution in [-0.2, 0) is 14.3 Å². The van der Waals surface area contributed by atoms with E-state index in [9.17, 15) is 9.59 Å². The molecule has 0 bridgehead atoms. The molecule has 24 heavy (non-hydrogen) atoms. The van der Waals surface area contributed by atoms with Gasteiger partial charge in [0.25, 0.3) is 0 Å². The molecular formula is C19H36O5. The molecule has 0 aliphatic rings. The molecule has 0 aromatic rings. The van der Waals surface area contributed by atoms with Gasteiger partial charge in [-0.2, -0.15) is 0 Å². The van der Waals surface area contributed by atoms with Crippen LogP contribution >= 0.6 is 0 Å². The highest BCUT2D eigenvalue weighted by molar-refractivity contribution is 5.73. The molecule has 1 atom stereocenters. The van der Waals surface area contributed by atoms with Crippen molar-refractivity contribution in [1.29, 1.82) is 0 Å². The Bertz CT molecular complexity index is 317. The van der Waals surface area contributed by atoms with E-state index in [2.05, 4.69) is 6.92 Å². The van der Waals surface area contributed by atoms with Gasteiger partial charge in [0.2, 0.25) is 0 Å². The summed E-state index contributed by atoms with van der Waals surface area (Å²) in [5, 5.41) is 17.4. The summed E-state index contributed by atoms with van der Waals surface area (Å²) >= 11 is 0. The van der Waals surface area contributed by atoms with Gasteiger partial charge in [0.15, 0.2) is 6.10 Å². The average molecular weight is 344 g/mol. The van der Waals surface area contributed by atoms with Gasteiger partial charge in [-0.3, -0.25) is 4.79 Å². The molecular weight excluding hydrogens is 308 g/mol. The van der Waals surface area contributed by atoms with Gasteiger partial charge in [-0.1, -0.05) is 84.0 Å². The lowest BCUT2D eigenvalue weighted by molar-refractivity contribution is -0.156. The number of hydrogen-bond acceptors (Lipinski definition) is 4. The van der Waals surface area contributed by atoms with Gasteiger partial charge in [0, 0.05) is 6.42 Å². The first-order valence-corrected chi connectivity index (χ1v) is 9.64. The van der Waals surface area contributed by atoms with Gasteiger partial charge >= 0.3 is 11.9 Å². The van der Waals surface area contributed by atoms with Gasteiger partial charge in [-0.05, 0) is 6.42 Å². The molecule has 0 heterocycles. The second-order valence-corrected chi connectivity index (χ2v) is 6.53. The summed E-state index contributed by atoms with van der Waals surface area (Å²) in [6.45, 7) is 1.78. The van der Waals surface area contributed by atoms with Crippen molar-refractivity contribution in [2.75, 3.05) is 6.61 Å². The maximum atomic E-state index is 11.3. The highest BCUT2D eigenvalue weighted by atomic mass is 16.5. The van der Waals surface area contributed by atoms with Crippen molar-refractivity contribution in [3.63, 3.8) is 0 Å². The van der Waals surface area contributed by atoms with E-state index < -0.39 is 24.6 Å². The molecule has 0 aliphatic heterocycles. The fourth-order valence-corrected chi connectivity index (χ4v) is 2.60. The molecule has 5 nitrogen and oxygen atoms in total. The standard InChI is InChI=1S/C19H36O5/c1-2-3-4-5-6-7-8-9-10-11-12-13-14-15-18(21)24-16-17(20)19(22)23/h17,20H,2-16H2,1H3,(H,22,23). The van der Waals surface area contributed by atoms with Crippen LogP contribution in [0, 0.1) is 0 Å². The summed E-state index contributed by atoms with van der Waals surface area (Å²) in [7, 11) is 0. The van der Waals surface area contributed by atoms with Crippen molar-refractivity contribution in [1.82, 2.24) is 0 Å². The summed E-state index contributed by atoms with van der Waals surface area (Å²) in [4.78, 5) is 21.7. The van der Waals surface area contributed by atoms with Crippen LogP contribution in [0.2, 0.25) is 0 Å². The number of ether oxygens (including phenoxy) is 1. The van der Waals surface area contributed by atoms with Crippen LogP contribution in [0.1, 0.15) is 96.8 Å². The third-order valence-electron chi connectivity index (χ3n) is 4.17. The van der Waals surface area contributed by atoms with E-state index >= 15 is 0 Å². The number of esters is 1. The van der Waals surface area contributed by atoms with Crippen LogP contribution < -0.4 is 0 Å². The molecule has 0 fully saturated rings. The number of unbranched alkanes of at least 4 members (excludes halogenated alkanes) is 12. The van der Waals surface area contributed by atoms with Crippen molar-refractivity contribution >= 4 is 11.9 Å². The minimum absolute atomic E-state index is 0.296. The van der Waals surface area contributed by atoms with E-state index in [-0.39, 0.29) is 0 Å². The number of carboxylic acid groups (broad SMARTS) is 1. The number of carboxylic acids is 1. The molecule has 1 unspecified atom stereocenters. The van der Waals surface area contributed by atoms with Gasteiger partial charge < -0.3 is 14.9 Å². The third kappa shape index (κ3) is 15.8. The number of aliphatic carboxylic acids is 1. The molecule has 2 N–H and O–H groups in total. The van der Waals surface area contributed by atoms with E-state index in [1.54, 1.807) is 0 Å². The lowest BCUT2D eigenvalue weighted by atomic mass is 10.0. The molecule has 0 aliphatic carbocycles. The van der Waals surface area contributed by atoms with Gasteiger partial charge in [0.05, 0.1) is 0 Å². The number of carbonyl (C=O) groups is 2. The Labute approximate surface area is 146 Å². The topological polar surface area (TPSA) is 83.8 Å². The summed E-state index contributed by atoms with van der Waals surface area (Å²) in [6.07, 6.45) is 14.9. The Morgan fingerprint density at radius 1 is 0.792 bits per heavy atom. The molecule has 142 valence electrons. The minimum Gasteiger partial charge on any atom is -0.479 e. The lowest BCUT2D eigenvalue weighted by Gasteiger charge is -2.07. The first-order valence-electron chi connectivity index (χ1n) is 9.64. The van der Waals surface area contributed by atoms with E-state index in [4.69, 9.17) is 14.9 Å². The fraction of sp³-hybridized carbons (Fsp3) is 0.895. The summed E-state index contributed by atoms with van der Waals surface area (Å²) in [5.74, 6) is -1.80. The van der Waals surface area contributed by atoms with Crippen LogP contribution in [0.3, 0.4) is 0 Å². The first kappa shape index (κ1) is 22.9. The highest BCUT2D eigenvalue weighted by Crippen LogP contribution is 2.13. The molecule has 0 rings (SSSR count). The zero-order valence-electron chi connectivity index (χ0n) is 15.3. The van der Waals surface area contributed by atoms with Crippen molar-refractivity contribution in [3.8, 4) is 0 Å². The summed E-state index contributed by atoms with van der Waals surface area (Å²) in [6, 6.07) is 0. The molecule has 0 aromatic carbocycles. The molecule has 0 radical (unpaired) electrons. The smallest absolute Gasteiger partial charge is 0.336 e. The number of hydrogen-bond donors (Lipinski definition) is 2. The molecule has 0 amide bonds. The van der Waals surface area contributed by atoms with Crippen LogP contribution in [0.25, 0.3) is 0 Å². The lowest BCUT2D eigenvalue weighted by Crippen LogP contribution is -2.26. The monoisotopic (exact) mass is 344 g/mol. The zero-order chi connectivity index (χ0) is 18.0. The number of aliphatic hydroxyl groups is 1. The molecule has 0 aromatic heterocycles. The maximum Gasteiger partial charge on any atom is 0.336 e. The first-order chi connectivity index (χ1) is 11.6. The summed E-state index contributed by atoms with van der Waals surface area (Å²) < 4.78 is 4.70. The van der Waals surface area contributed by atoms with Crippen LogP contribution in [0.15, 0.2) is 0 Å². The second kappa shape index (κ2) is 16.7. The Morgan fingerprint density at radius 3 is 1.62 bits per heavy atom. The molecule has 0 saturated carbocycles. The van der Waals surface area contributed by atoms with Crippen molar-refractivity contribution in [2.24, 2.45) is 0 Å². The van der Waals surface area contributed by atoms with Crippen LogP contribution in [0.5, 0.6) is 0 Å². The molecule has 0 saturated heterocycles. The summed E-state index contributed by atoms with van der Waals surface area (Å²) in [5.41, 5.74) is 0. The largest absolute Gasteiger partial charge is 0.479 e. The molecule has 5 heteroatoms. The van der Waals surface area contributed by atoms with E-state index in [0.29, 0.717) is 6.42 Å². The SMILES string of the molecule is CCCCCCCCCCCCCCCC(=O)OCC(O)C(=O)O. The zero-order valence-corrected chi connectivity index (χ0v) is 15.3. The Balaban J connectivity index is 3.22. The Morgan fingerprint density at radius 2 is 1.21 bits per heavy atom. The quantitative estimate of drug-likeness (QED) is 0.301. The van der Waals surface area contributed by atoms with Gasteiger partial charge in [-0.15, -0.1) is 0 Å².